The molecule has 0 aromatic carbocycles. The van der Waals surface area contributed by atoms with E-state index in [1.165, 1.54) is 6.07 Å². The third-order valence-electron chi connectivity index (χ3n) is 1.43. The van der Waals surface area contributed by atoms with Gasteiger partial charge in [-0.1, -0.05) is 0 Å². The number of pyridine rings is 1. The molecule has 0 saturated heterocycles. The highest BCUT2D eigenvalue weighted by molar-refractivity contribution is 5.33. The second kappa shape index (κ2) is 3.49. The Hall–Kier alpha value is -2.16. The molecule has 1 aromatic heterocycles. The number of nitrogens with zero attached hydrogens (tertiary/aromatic N) is 2. The minimum Gasteiger partial charge on any atom is -0.358 e. The standard InChI is InChI=1S/C7H5N3O3/c8-4-3-5-1-2-6(11)9-7(5)10(12)13/h1-2H,3H2,(H,9,11). The van der Waals surface area contributed by atoms with Crippen LogP contribution in [0.4, 0.5) is 5.82 Å². The maximum Gasteiger partial charge on any atom is 0.331 e. The van der Waals surface area contributed by atoms with Crippen molar-refractivity contribution in [1.82, 2.24) is 4.98 Å². The van der Waals surface area contributed by atoms with Crippen LogP contribution in [0.2, 0.25) is 0 Å². The third-order valence-corrected chi connectivity index (χ3v) is 1.43. The average Bonchev–Trinajstić information content (AvgIpc) is 2.08. The van der Waals surface area contributed by atoms with Crippen molar-refractivity contribution in [3.8, 4) is 6.07 Å². The maximum absolute atomic E-state index is 10.7. The zero-order valence-electron chi connectivity index (χ0n) is 6.48. The van der Waals surface area contributed by atoms with Crippen LogP contribution in [-0.2, 0) is 6.42 Å². The van der Waals surface area contributed by atoms with Gasteiger partial charge in [-0.05, 0) is 11.0 Å². The predicted octanol–water partition coefficient (Wildman–Crippen LogP) is 0.349. The summed E-state index contributed by atoms with van der Waals surface area (Å²) in [5.74, 6) is -0.408. The van der Waals surface area contributed by atoms with Gasteiger partial charge in [0.25, 0.3) is 0 Å². The van der Waals surface area contributed by atoms with Crippen molar-refractivity contribution >= 4 is 5.82 Å². The van der Waals surface area contributed by atoms with E-state index in [2.05, 4.69) is 4.98 Å². The summed E-state index contributed by atoms with van der Waals surface area (Å²) < 4.78 is 0. The van der Waals surface area contributed by atoms with Crippen LogP contribution in [0.5, 0.6) is 0 Å². The van der Waals surface area contributed by atoms with E-state index in [1.807, 2.05) is 0 Å². The molecule has 1 rings (SSSR count). The first-order chi connectivity index (χ1) is 6.15. The lowest BCUT2D eigenvalue weighted by molar-refractivity contribution is -0.390. The minimum atomic E-state index is -0.714. The van der Waals surface area contributed by atoms with Gasteiger partial charge in [-0.2, -0.15) is 5.26 Å². The van der Waals surface area contributed by atoms with Crippen LogP contribution in [0.15, 0.2) is 16.9 Å². The highest BCUT2D eigenvalue weighted by Gasteiger charge is 2.11. The second-order valence-corrected chi connectivity index (χ2v) is 2.29. The summed E-state index contributed by atoms with van der Waals surface area (Å²) in [6, 6.07) is 4.20. The molecule has 0 atom stereocenters. The number of hydrogen-bond donors (Lipinski definition) is 1. The number of nitriles is 1. The lowest BCUT2D eigenvalue weighted by Crippen LogP contribution is -2.09. The van der Waals surface area contributed by atoms with E-state index >= 15 is 0 Å². The summed E-state index contributed by atoms with van der Waals surface area (Å²) in [6.45, 7) is 0. The van der Waals surface area contributed by atoms with Crippen LogP contribution >= 0.6 is 0 Å². The summed E-state index contributed by atoms with van der Waals surface area (Å²) in [5, 5.41) is 18.7. The summed E-state index contributed by atoms with van der Waals surface area (Å²) in [4.78, 5) is 22.4. The van der Waals surface area contributed by atoms with Crippen molar-refractivity contribution in [2.24, 2.45) is 0 Å². The van der Waals surface area contributed by atoms with E-state index in [0.717, 1.165) is 6.07 Å². The number of H-pyrrole nitrogens is 1. The molecule has 0 unspecified atom stereocenters. The zero-order valence-corrected chi connectivity index (χ0v) is 6.48. The fourth-order valence-electron chi connectivity index (χ4n) is 0.885. The first-order valence-electron chi connectivity index (χ1n) is 3.38. The number of aromatic amines is 1. The molecule has 0 aliphatic carbocycles. The van der Waals surface area contributed by atoms with Gasteiger partial charge < -0.3 is 10.1 Å². The Morgan fingerprint density at radius 3 is 2.85 bits per heavy atom. The fraction of sp³-hybridized carbons (Fsp3) is 0.143. The number of nitro groups is 1. The summed E-state index contributed by atoms with van der Waals surface area (Å²) in [5.41, 5.74) is -0.333. The Morgan fingerprint density at radius 1 is 1.62 bits per heavy atom. The minimum absolute atomic E-state index is 0.0902. The molecular weight excluding hydrogens is 174 g/mol. The third kappa shape index (κ3) is 1.90. The molecule has 0 radical (unpaired) electrons. The van der Waals surface area contributed by atoms with E-state index in [4.69, 9.17) is 5.26 Å². The van der Waals surface area contributed by atoms with Gasteiger partial charge in [-0.3, -0.25) is 0 Å². The number of rotatable bonds is 2. The monoisotopic (exact) mass is 179 g/mol. The molecule has 0 amide bonds. The molecule has 66 valence electrons. The van der Waals surface area contributed by atoms with E-state index < -0.39 is 16.3 Å². The lowest BCUT2D eigenvalue weighted by Gasteiger charge is -1.97. The van der Waals surface area contributed by atoms with Gasteiger partial charge >= 0.3 is 11.4 Å². The van der Waals surface area contributed by atoms with Crippen molar-refractivity contribution in [3.63, 3.8) is 0 Å². The lowest BCUT2D eigenvalue weighted by atomic mass is 10.2. The molecule has 6 heteroatoms. The second-order valence-electron chi connectivity index (χ2n) is 2.29. The van der Waals surface area contributed by atoms with E-state index in [1.54, 1.807) is 6.07 Å². The normalized spacial score (nSPS) is 9.15. The van der Waals surface area contributed by atoms with Crippen LogP contribution in [0.3, 0.4) is 0 Å². The zero-order chi connectivity index (χ0) is 9.84. The molecule has 1 heterocycles. The average molecular weight is 179 g/mol. The van der Waals surface area contributed by atoms with E-state index in [-0.39, 0.29) is 12.0 Å². The van der Waals surface area contributed by atoms with Crippen molar-refractivity contribution < 1.29 is 4.92 Å². The van der Waals surface area contributed by atoms with E-state index in [9.17, 15) is 14.9 Å². The highest BCUT2D eigenvalue weighted by Crippen LogP contribution is 2.11. The summed E-state index contributed by atoms with van der Waals surface area (Å²) in [6.07, 6.45) is -0.0902. The van der Waals surface area contributed by atoms with Gasteiger partial charge in [-0.15, -0.1) is 0 Å². The van der Waals surface area contributed by atoms with E-state index in [0.29, 0.717) is 0 Å². The van der Waals surface area contributed by atoms with Gasteiger partial charge in [0.1, 0.15) is 0 Å². The van der Waals surface area contributed by atoms with Crippen molar-refractivity contribution in [2.75, 3.05) is 0 Å². The molecule has 0 aliphatic rings. The molecule has 1 aromatic rings. The Morgan fingerprint density at radius 2 is 2.31 bits per heavy atom. The molecule has 13 heavy (non-hydrogen) atoms. The SMILES string of the molecule is N#CCc1ccc(=O)[nH]c1[N+](=O)[O-]. The molecule has 0 spiro atoms. The molecule has 0 aliphatic heterocycles. The van der Waals surface area contributed by atoms with Crippen LogP contribution in [0, 0.1) is 21.4 Å². The van der Waals surface area contributed by atoms with Crippen molar-refractivity contribution in [2.45, 2.75) is 6.42 Å². The summed E-state index contributed by atoms with van der Waals surface area (Å²) >= 11 is 0. The number of aromatic nitrogens is 1. The smallest absolute Gasteiger partial charge is 0.331 e. The van der Waals surface area contributed by atoms with Crippen LogP contribution in [0.1, 0.15) is 5.56 Å². The fourth-order valence-corrected chi connectivity index (χ4v) is 0.885. The Balaban J connectivity index is 3.28. The predicted molar refractivity (Wildman–Crippen MR) is 43.0 cm³/mol. The molecule has 0 bridgehead atoms. The summed E-state index contributed by atoms with van der Waals surface area (Å²) in [7, 11) is 0. The number of nitrogens with one attached hydrogen (secondary N) is 1. The first-order valence-corrected chi connectivity index (χ1v) is 3.38. The molecule has 0 fully saturated rings. The molecular formula is C7H5N3O3. The van der Waals surface area contributed by atoms with Gasteiger partial charge in [0, 0.05) is 6.07 Å². The largest absolute Gasteiger partial charge is 0.358 e. The first kappa shape index (κ1) is 8.93. The molecule has 1 N–H and O–H groups in total. The van der Waals surface area contributed by atoms with Crippen LogP contribution < -0.4 is 5.56 Å². The Kier molecular flexibility index (Phi) is 2.40. The number of hydrogen-bond acceptors (Lipinski definition) is 4. The van der Waals surface area contributed by atoms with Gasteiger partial charge in [0.2, 0.25) is 0 Å². The quantitative estimate of drug-likeness (QED) is 0.522. The van der Waals surface area contributed by atoms with Gasteiger partial charge in [0.05, 0.1) is 18.1 Å². The maximum atomic E-state index is 10.7. The van der Waals surface area contributed by atoms with Gasteiger partial charge in [0.15, 0.2) is 0 Å². The topological polar surface area (TPSA) is 99.8 Å². The highest BCUT2D eigenvalue weighted by atomic mass is 16.6. The van der Waals surface area contributed by atoms with Crippen molar-refractivity contribution in [3.05, 3.63) is 38.2 Å². The Bertz CT molecular complexity index is 429. The van der Waals surface area contributed by atoms with Crippen LogP contribution in [-0.4, -0.2) is 9.91 Å². The van der Waals surface area contributed by atoms with Crippen LogP contribution in [0.25, 0.3) is 0 Å². The molecule has 0 saturated carbocycles. The van der Waals surface area contributed by atoms with Gasteiger partial charge in [-0.25, -0.2) is 9.78 Å². The van der Waals surface area contributed by atoms with Crippen molar-refractivity contribution in [1.29, 1.82) is 5.26 Å². The Labute approximate surface area is 72.6 Å². The molecule has 6 nitrogen and oxygen atoms in total.